The largest absolute Gasteiger partial charge is 0.365 e. The van der Waals surface area contributed by atoms with Crippen LogP contribution in [0.5, 0.6) is 0 Å². The zero-order chi connectivity index (χ0) is 13.1. The van der Waals surface area contributed by atoms with Gasteiger partial charge in [0.2, 0.25) is 0 Å². The number of nitrogens with one attached hydrogen (secondary N) is 1. The van der Waals surface area contributed by atoms with E-state index in [2.05, 4.69) is 26.2 Å². The van der Waals surface area contributed by atoms with Crippen molar-refractivity contribution in [1.82, 2.24) is 4.98 Å². The van der Waals surface area contributed by atoms with Gasteiger partial charge in [-0.3, -0.25) is 0 Å². The minimum Gasteiger partial charge on any atom is -0.365 e. The van der Waals surface area contributed by atoms with Gasteiger partial charge in [-0.15, -0.1) is 0 Å². The highest BCUT2D eigenvalue weighted by molar-refractivity contribution is 9.10. The van der Waals surface area contributed by atoms with E-state index in [0.717, 1.165) is 15.9 Å². The first kappa shape index (κ1) is 13.0. The first-order valence-corrected chi connectivity index (χ1v) is 6.47. The molecule has 0 spiro atoms. The molecule has 1 N–H and O–H groups in total. The normalized spacial score (nSPS) is 10.4. The summed E-state index contributed by atoms with van der Waals surface area (Å²) in [7, 11) is 0. The first-order chi connectivity index (χ1) is 8.58. The van der Waals surface area contributed by atoms with Gasteiger partial charge in [-0.05, 0) is 58.6 Å². The second-order valence-corrected chi connectivity index (χ2v) is 5.09. The predicted molar refractivity (Wildman–Crippen MR) is 75.1 cm³/mol. The highest BCUT2D eigenvalue weighted by Gasteiger charge is 2.05. The number of pyridine rings is 1. The zero-order valence-corrected chi connectivity index (χ0v) is 11.9. The number of nitrogens with zero attached hydrogens (tertiary/aromatic N) is 1. The van der Waals surface area contributed by atoms with E-state index in [-0.39, 0.29) is 5.82 Å². The molecule has 2 aromatic rings. The van der Waals surface area contributed by atoms with Crippen LogP contribution in [-0.4, -0.2) is 4.98 Å². The molecule has 0 aliphatic rings. The molecule has 18 heavy (non-hydrogen) atoms. The van der Waals surface area contributed by atoms with E-state index in [4.69, 9.17) is 0 Å². The van der Waals surface area contributed by atoms with Crippen LogP contribution >= 0.6 is 15.9 Å². The second-order valence-electron chi connectivity index (χ2n) is 4.23. The smallest absolute Gasteiger partial charge is 0.140 e. The van der Waals surface area contributed by atoms with Crippen LogP contribution in [0.4, 0.5) is 10.2 Å². The molecule has 2 rings (SSSR count). The van der Waals surface area contributed by atoms with Crippen molar-refractivity contribution in [1.29, 1.82) is 0 Å². The van der Waals surface area contributed by atoms with Crippen LogP contribution in [0.1, 0.15) is 16.7 Å². The van der Waals surface area contributed by atoms with Crippen molar-refractivity contribution in [2.75, 3.05) is 5.32 Å². The molecule has 1 aromatic heterocycles. The van der Waals surface area contributed by atoms with Gasteiger partial charge in [-0.2, -0.15) is 0 Å². The van der Waals surface area contributed by atoms with Crippen LogP contribution < -0.4 is 5.32 Å². The van der Waals surface area contributed by atoms with Crippen LogP contribution in [0.25, 0.3) is 0 Å². The van der Waals surface area contributed by atoms with Crippen LogP contribution in [0.15, 0.2) is 34.9 Å². The molecule has 0 radical (unpaired) electrons. The minimum absolute atomic E-state index is 0.127. The number of hydrogen-bond donors (Lipinski definition) is 1. The lowest BCUT2D eigenvalue weighted by Gasteiger charge is -2.09. The summed E-state index contributed by atoms with van der Waals surface area (Å²) in [5.74, 6) is 0.662. The Labute approximate surface area is 114 Å². The van der Waals surface area contributed by atoms with Gasteiger partial charge in [0.15, 0.2) is 0 Å². The third-order valence-electron chi connectivity index (χ3n) is 2.71. The van der Waals surface area contributed by atoms with E-state index < -0.39 is 0 Å². The number of rotatable bonds is 3. The highest BCUT2D eigenvalue weighted by atomic mass is 79.9. The zero-order valence-electron chi connectivity index (χ0n) is 10.3. The van der Waals surface area contributed by atoms with Crippen LogP contribution in [0, 0.1) is 19.7 Å². The summed E-state index contributed by atoms with van der Waals surface area (Å²) in [5.41, 5.74) is 2.39. The van der Waals surface area contributed by atoms with Crippen LogP contribution in [0.3, 0.4) is 0 Å². The molecule has 0 unspecified atom stereocenters. The molecule has 4 heteroatoms. The lowest BCUT2D eigenvalue weighted by Crippen LogP contribution is -2.03. The van der Waals surface area contributed by atoms with Gasteiger partial charge < -0.3 is 5.32 Å². The van der Waals surface area contributed by atoms with Crippen molar-refractivity contribution < 1.29 is 4.39 Å². The number of aromatic nitrogens is 1. The van der Waals surface area contributed by atoms with Gasteiger partial charge in [-0.25, -0.2) is 9.37 Å². The fraction of sp³-hybridized carbons (Fsp3) is 0.214. The van der Waals surface area contributed by atoms with Crippen molar-refractivity contribution in [2.45, 2.75) is 20.4 Å². The average molecular weight is 309 g/mol. The molecule has 0 aliphatic heterocycles. The Bertz CT molecular complexity index is 546. The lowest BCUT2D eigenvalue weighted by molar-refractivity contribution is 0.608. The van der Waals surface area contributed by atoms with Crippen molar-refractivity contribution in [2.24, 2.45) is 0 Å². The molecular formula is C14H14BrFN2. The minimum atomic E-state index is -0.127. The standard InChI is InChI=1S/C14H14BrFN2/c1-9-6-11(7-10(2)13(9)16)8-18-14-12(15)4-3-5-17-14/h3-7H,8H2,1-2H3,(H,17,18). The molecule has 2 nitrogen and oxygen atoms in total. The van der Waals surface area contributed by atoms with Gasteiger partial charge in [0.1, 0.15) is 11.6 Å². The fourth-order valence-corrected chi connectivity index (χ4v) is 2.23. The van der Waals surface area contributed by atoms with Crippen molar-refractivity contribution in [3.63, 3.8) is 0 Å². The summed E-state index contributed by atoms with van der Waals surface area (Å²) < 4.78 is 14.4. The Morgan fingerprint density at radius 3 is 2.56 bits per heavy atom. The maximum atomic E-state index is 13.5. The van der Waals surface area contributed by atoms with Gasteiger partial charge in [-0.1, -0.05) is 12.1 Å². The van der Waals surface area contributed by atoms with Gasteiger partial charge in [0.05, 0.1) is 4.47 Å². The molecule has 0 atom stereocenters. The van der Waals surface area contributed by atoms with Crippen molar-refractivity contribution in [3.05, 3.63) is 57.4 Å². The van der Waals surface area contributed by atoms with Crippen LogP contribution in [-0.2, 0) is 6.54 Å². The van der Waals surface area contributed by atoms with E-state index in [0.29, 0.717) is 17.7 Å². The number of anilines is 1. The third kappa shape index (κ3) is 2.88. The Balaban J connectivity index is 2.14. The highest BCUT2D eigenvalue weighted by Crippen LogP contribution is 2.20. The van der Waals surface area contributed by atoms with Gasteiger partial charge in [0.25, 0.3) is 0 Å². The summed E-state index contributed by atoms with van der Waals surface area (Å²) in [5, 5.41) is 3.22. The number of aryl methyl sites for hydroxylation is 2. The first-order valence-electron chi connectivity index (χ1n) is 5.68. The average Bonchev–Trinajstić information content (AvgIpc) is 2.35. The van der Waals surface area contributed by atoms with Gasteiger partial charge >= 0.3 is 0 Å². The van der Waals surface area contributed by atoms with E-state index in [1.807, 2.05) is 24.3 Å². The molecule has 0 saturated heterocycles. The number of halogens is 2. The van der Waals surface area contributed by atoms with E-state index in [1.165, 1.54) is 0 Å². The third-order valence-corrected chi connectivity index (χ3v) is 3.35. The van der Waals surface area contributed by atoms with Gasteiger partial charge in [0, 0.05) is 12.7 Å². The second kappa shape index (κ2) is 5.48. The quantitative estimate of drug-likeness (QED) is 0.918. The van der Waals surface area contributed by atoms with E-state index >= 15 is 0 Å². The summed E-state index contributed by atoms with van der Waals surface area (Å²) in [6.45, 7) is 4.18. The molecule has 1 aromatic carbocycles. The molecule has 0 fully saturated rings. The van der Waals surface area contributed by atoms with Crippen molar-refractivity contribution in [3.8, 4) is 0 Å². The summed E-state index contributed by atoms with van der Waals surface area (Å²) in [4.78, 5) is 4.22. The maximum absolute atomic E-state index is 13.5. The molecule has 94 valence electrons. The number of hydrogen-bond acceptors (Lipinski definition) is 2. The molecule has 0 aliphatic carbocycles. The Kier molecular flexibility index (Phi) is 3.97. The monoisotopic (exact) mass is 308 g/mol. The fourth-order valence-electron chi connectivity index (χ4n) is 1.84. The molecule has 0 bridgehead atoms. The molecule has 1 heterocycles. The van der Waals surface area contributed by atoms with E-state index in [9.17, 15) is 4.39 Å². The molecule has 0 saturated carbocycles. The SMILES string of the molecule is Cc1cc(CNc2ncccc2Br)cc(C)c1F. The van der Waals surface area contributed by atoms with Crippen LogP contribution in [0.2, 0.25) is 0 Å². The summed E-state index contributed by atoms with van der Waals surface area (Å²) >= 11 is 3.43. The Morgan fingerprint density at radius 2 is 1.94 bits per heavy atom. The maximum Gasteiger partial charge on any atom is 0.140 e. The van der Waals surface area contributed by atoms with E-state index in [1.54, 1.807) is 20.0 Å². The molecule has 0 amide bonds. The topological polar surface area (TPSA) is 24.9 Å². The summed E-state index contributed by atoms with van der Waals surface area (Å²) in [6, 6.07) is 7.50. The lowest BCUT2D eigenvalue weighted by atomic mass is 10.1. The van der Waals surface area contributed by atoms with Crippen molar-refractivity contribution >= 4 is 21.7 Å². The predicted octanol–water partition coefficient (Wildman–Crippen LogP) is 4.21. The Morgan fingerprint density at radius 1 is 1.28 bits per heavy atom. The Hall–Kier alpha value is -1.42. The number of benzene rings is 1. The summed E-state index contributed by atoms with van der Waals surface area (Å²) in [6.07, 6.45) is 1.73. The molecular weight excluding hydrogens is 295 g/mol.